The van der Waals surface area contributed by atoms with Crippen LogP contribution in [-0.2, 0) is 0 Å². The van der Waals surface area contributed by atoms with Crippen LogP contribution in [0.25, 0.3) is 10.9 Å². The first-order valence-corrected chi connectivity index (χ1v) is 6.58. The molecule has 0 aliphatic heterocycles. The molecule has 7 heteroatoms. The number of hydrogen-bond donors (Lipinski definition) is 5. The van der Waals surface area contributed by atoms with E-state index in [9.17, 15) is 4.79 Å². The van der Waals surface area contributed by atoms with Crippen LogP contribution in [0.3, 0.4) is 0 Å². The number of aromatic amines is 1. The third kappa shape index (κ3) is 4.04. The molecule has 1 unspecified atom stereocenters. The Kier molecular flexibility index (Phi) is 4.91. The fourth-order valence-corrected chi connectivity index (χ4v) is 1.84. The molecule has 7 nitrogen and oxygen atoms in total. The number of aromatic nitrogens is 1. The first-order chi connectivity index (χ1) is 10.1. The number of aliphatic hydroxyl groups excluding tert-OH is 2. The zero-order valence-corrected chi connectivity index (χ0v) is 11.4. The molecule has 21 heavy (non-hydrogen) atoms. The molecule has 0 radical (unpaired) electrons. The highest BCUT2D eigenvalue weighted by Gasteiger charge is 2.10. The average Bonchev–Trinajstić information content (AvgIpc) is 2.91. The summed E-state index contributed by atoms with van der Waals surface area (Å²) in [5, 5.41) is 21.2. The van der Waals surface area contributed by atoms with Crippen LogP contribution in [0, 0.1) is 0 Å². The zero-order chi connectivity index (χ0) is 15.2. The van der Waals surface area contributed by atoms with Crippen molar-refractivity contribution < 1.29 is 15.0 Å². The van der Waals surface area contributed by atoms with E-state index in [-0.39, 0.29) is 31.4 Å². The lowest BCUT2D eigenvalue weighted by molar-refractivity contribution is 0.0903. The van der Waals surface area contributed by atoms with E-state index in [1.165, 1.54) is 0 Å². The quantitative estimate of drug-likeness (QED) is 0.391. The van der Waals surface area contributed by atoms with E-state index in [4.69, 9.17) is 15.9 Å². The Morgan fingerprint density at radius 3 is 2.90 bits per heavy atom. The van der Waals surface area contributed by atoms with Crippen LogP contribution in [0.1, 0.15) is 16.9 Å². The standard InChI is InChI=1S/C14H18N4O3/c15-14(16-6-5-10(20)8-19)18-13(21)12-7-9-3-1-2-4-11(9)17-12/h1-4,7,10,17,19-20H,5-6,8H2,(H3,15,16,18,21). The highest BCUT2D eigenvalue weighted by Crippen LogP contribution is 2.14. The van der Waals surface area contributed by atoms with Gasteiger partial charge in [-0.15, -0.1) is 0 Å². The van der Waals surface area contributed by atoms with Crippen molar-refractivity contribution in [1.29, 1.82) is 0 Å². The lowest BCUT2D eigenvalue weighted by Gasteiger charge is -2.05. The van der Waals surface area contributed by atoms with Gasteiger partial charge in [-0.25, -0.2) is 0 Å². The van der Waals surface area contributed by atoms with Crippen LogP contribution in [0.4, 0.5) is 0 Å². The van der Waals surface area contributed by atoms with Crippen LogP contribution in [0.15, 0.2) is 35.3 Å². The zero-order valence-electron chi connectivity index (χ0n) is 11.4. The number of fused-ring (bicyclic) bond motifs is 1. The number of benzene rings is 1. The predicted octanol–water partition coefficient (Wildman–Crippen LogP) is -0.0443. The third-order valence-electron chi connectivity index (χ3n) is 2.97. The summed E-state index contributed by atoms with van der Waals surface area (Å²) in [6.07, 6.45) is -0.551. The molecular weight excluding hydrogens is 272 g/mol. The summed E-state index contributed by atoms with van der Waals surface area (Å²) in [6.45, 7) is -0.0998. The number of hydrogen-bond acceptors (Lipinski definition) is 4. The van der Waals surface area contributed by atoms with E-state index < -0.39 is 6.10 Å². The van der Waals surface area contributed by atoms with Gasteiger partial charge in [-0.05, 0) is 18.6 Å². The average molecular weight is 290 g/mol. The second kappa shape index (κ2) is 6.87. The SMILES string of the molecule is NC(=NCCC(O)CO)NC(=O)c1cc2ccccc2[nH]1. The molecule has 0 fully saturated rings. The molecule has 0 aliphatic rings. The Bertz CT molecular complexity index is 617. The van der Waals surface area contributed by atoms with Crippen molar-refractivity contribution in [3.05, 3.63) is 36.0 Å². The first-order valence-electron chi connectivity index (χ1n) is 6.58. The van der Waals surface area contributed by atoms with Crippen LogP contribution in [0.2, 0.25) is 0 Å². The van der Waals surface area contributed by atoms with Crippen molar-refractivity contribution in [1.82, 2.24) is 10.3 Å². The van der Waals surface area contributed by atoms with Crippen LogP contribution >= 0.6 is 0 Å². The highest BCUT2D eigenvalue weighted by molar-refractivity contribution is 6.06. The third-order valence-corrected chi connectivity index (χ3v) is 2.97. The molecule has 6 N–H and O–H groups in total. The van der Waals surface area contributed by atoms with Crippen LogP contribution in [0.5, 0.6) is 0 Å². The maximum absolute atomic E-state index is 12.0. The summed E-state index contributed by atoms with van der Waals surface area (Å²) >= 11 is 0. The molecule has 0 aliphatic carbocycles. The topological polar surface area (TPSA) is 124 Å². The fraction of sp³-hybridized carbons (Fsp3) is 0.286. The van der Waals surface area contributed by atoms with Crippen LogP contribution in [-0.4, -0.2) is 46.3 Å². The van der Waals surface area contributed by atoms with Gasteiger partial charge >= 0.3 is 0 Å². The largest absolute Gasteiger partial charge is 0.394 e. The number of amides is 1. The van der Waals surface area contributed by atoms with Gasteiger partial charge in [0, 0.05) is 17.4 Å². The maximum atomic E-state index is 12.0. The normalized spacial score (nSPS) is 13.3. The number of aliphatic hydroxyl groups is 2. The van der Waals surface area contributed by atoms with E-state index in [0.29, 0.717) is 5.69 Å². The molecule has 1 aromatic heterocycles. The molecule has 2 rings (SSSR count). The van der Waals surface area contributed by atoms with Gasteiger partial charge in [0.15, 0.2) is 5.96 Å². The van der Waals surface area contributed by atoms with Gasteiger partial charge in [0.05, 0.1) is 12.7 Å². The van der Waals surface area contributed by atoms with Gasteiger partial charge in [0.1, 0.15) is 5.69 Å². The molecule has 1 atom stereocenters. The Balaban J connectivity index is 1.95. The van der Waals surface area contributed by atoms with Gasteiger partial charge < -0.3 is 20.9 Å². The maximum Gasteiger partial charge on any atom is 0.274 e. The number of aliphatic imine (C=N–C) groups is 1. The summed E-state index contributed by atoms with van der Waals surface area (Å²) in [4.78, 5) is 18.9. The van der Waals surface area contributed by atoms with Gasteiger partial charge in [-0.1, -0.05) is 18.2 Å². The van der Waals surface area contributed by atoms with Gasteiger partial charge in [0.2, 0.25) is 0 Å². The van der Waals surface area contributed by atoms with E-state index in [0.717, 1.165) is 10.9 Å². The lowest BCUT2D eigenvalue weighted by Crippen LogP contribution is -2.37. The summed E-state index contributed by atoms with van der Waals surface area (Å²) in [6, 6.07) is 9.27. The van der Waals surface area contributed by atoms with Crippen molar-refractivity contribution >= 4 is 22.8 Å². The summed E-state index contributed by atoms with van der Waals surface area (Å²) in [5.41, 5.74) is 6.85. The van der Waals surface area contributed by atoms with Gasteiger partial charge in [0.25, 0.3) is 5.91 Å². The lowest BCUT2D eigenvalue weighted by atomic mass is 10.2. The molecular formula is C14H18N4O3. The van der Waals surface area contributed by atoms with E-state index >= 15 is 0 Å². The second-order valence-corrected chi connectivity index (χ2v) is 4.62. The fourth-order valence-electron chi connectivity index (χ4n) is 1.84. The second-order valence-electron chi connectivity index (χ2n) is 4.62. The number of para-hydroxylation sites is 1. The molecule has 0 bridgehead atoms. The number of carbonyl (C=O) groups excluding carboxylic acids is 1. The number of nitrogens with zero attached hydrogens (tertiary/aromatic N) is 1. The molecule has 0 saturated heterocycles. The molecule has 112 valence electrons. The van der Waals surface area contributed by atoms with Gasteiger partial charge in [-0.3, -0.25) is 15.1 Å². The molecule has 0 saturated carbocycles. The number of H-pyrrole nitrogens is 1. The van der Waals surface area contributed by atoms with E-state index in [2.05, 4.69) is 15.3 Å². The number of nitrogens with two attached hydrogens (primary N) is 1. The van der Waals surface area contributed by atoms with Crippen molar-refractivity contribution in [2.45, 2.75) is 12.5 Å². The molecule has 2 aromatic rings. The minimum atomic E-state index is -0.828. The Morgan fingerprint density at radius 1 is 1.43 bits per heavy atom. The number of carbonyl (C=O) groups is 1. The minimum absolute atomic E-state index is 0.0243. The molecule has 1 heterocycles. The number of guanidine groups is 1. The van der Waals surface area contributed by atoms with E-state index in [1.54, 1.807) is 6.07 Å². The summed E-state index contributed by atoms with van der Waals surface area (Å²) < 4.78 is 0. The Morgan fingerprint density at radius 2 is 2.19 bits per heavy atom. The Hall–Kier alpha value is -2.38. The van der Waals surface area contributed by atoms with Crippen LogP contribution < -0.4 is 11.1 Å². The number of nitrogens with one attached hydrogen (secondary N) is 2. The summed E-state index contributed by atoms with van der Waals surface area (Å²) in [7, 11) is 0. The van der Waals surface area contributed by atoms with Crippen molar-refractivity contribution in [3.8, 4) is 0 Å². The Labute approximate surface area is 121 Å². The van der Waals surface area contributed by atoms with Gasteiger partial charge in [-0.2, -0.15) is 0 Å². The molecule has 1 aromatic carbocycles. The predicted molar refractivity (Wildman–Crippen MR) is 80.0 cm³/mol. The first kappa shape index (κ1) is 15.0. The van der Waals surface area contributed by atoms with Crippen molar-refractivity contribution in [2.75, 3.05) is 13.2 Å². The summed E-state index contributed by atoms with van der Waals surface area (Å²) in [5.74, 6) is -0.404. The highest BCUT2D eigenvalue weighted by atomic mass is 16.3. The molecule has 0 spiro atoms. The monoisotopic (exact) mass is 290 g/mol. The smallest absolute Gasteiger partial charge is 0.274 e. The minimum Gasteiger partial charge on any atom is -0.394 e. The molecule has 1 amide bonds. The van der Waals surface area contributed by atoms with E-state index in [1.807, 2.05) is 24.3 Å². The number of rotatable bonds is 5. The van der Waals surface area contributed by atoms with Crippen molar-refractivity contribution in [3.63, 3.8) is 0 Å². The van der Waals surface area contributed by atoms with Crippen molar-refractivity contribution in [2.24, 2.45) is 10.7 Å².